The Morgan fingerprint density at radius 3 is 2.25 bits per heavy atom. The predicted molar refractivity (Wildman–Crippen MR) is 95.6 cm³/mol. The summed E-state index contributed by atoms with van der Waals surface area (Å²) in [5.41, 5.74) is 1.63. The highest BCUT2D eigenvalue weighted by Crippen LogP contribution is 2.14. The lowest BCUT2D eigenvalue weighted by atomic mass is 10.1. The fourth-order valence-electron chi connectivity index (χ4n) is 2.44. The molecule has 0 spiro atoms. The Balaban J connectivity index is 1.90. The van der Waals surface area contributed by atoms with Crippen molar-refractivity contribution in [3.8, 4) is 0 Å². The smallest absolute Gasteiger partial charge is 0.340 e. The minimum atomic E-state index is -0.505. The number of esters is 1. The van der Waals surface area contributed by atoms with Crippen LogP contribution in [0.1, 0.15) is 54.9 Å². The molecule has 3 nitrogen and oxygen atoms in total. The van der Waals surface area contributed by atoms with Gasteiger partial charge in [-0.15, -0.1) is 0 Å². The summed E-state index contributed by atoms with van der Waals surface area (Å²) in [4.78, 5) is 12.3. The minimum Gasteiger partial charge on any atom is -0.432 e. The molecule has 0 N–H and O–H groups in total. The molecule has 0 aliphatic rings. The Hall–Kier alpha value is -2.13. The van der Waals surface area contributed by atoms with Gasteiger partial charge in [-0.3, -0.25) is 0 Å². The molecule has 24 heavy (non-hydrogen) atoms. The van der Waals surface area contributed by atoms with Crippen LogP contribution < -0.4 is 0 Å². The zero-order valence-electron chi connectivity index (χ0n) is 14.3. The predicted octanol–water partition coefficient (Wildman–Crippen LogP) is 5.36. The van der Waals surface area contributed by atoms with E-state index in [0.29, 0.717) is 12.2 Å². The molecule has 128 valence electrons. The van der Waals surface area contributed by atoms with E-state index in [4.69, 9.17) is 9.47 Å². The van der Waals surface area contributed by atoms with Gasteiger partial charge in [-0.2, -0.15) is 0 Å². The summed E-state index contributed by atoms with van der Waals surface area (Å²) in [6.07, 6.45) is 4.72. The van der Waals surface area contributed by atoms with E-state index in [-0.39, 0.29) is 5.97 Å². The first-order chi connectivity index (χ1) is 11.8. The van der Waals surface area contributed by atoms with Gasteiger partial charge in [0, 0.05) is 6.42 Å². The highest BCUT2D eigenvalue weighted by atomic mass is 16.7. The molecule has 2 aromatic carbocycles. The first-order valence-corrected chi connectivity index (χ1v) is 8.71. The number of carbonyl (C=O) groups excluding carboxylic acids is 1. The number of benzene rings is 2. The van der Waals surface area contributed by atoms with E-state index in [9.17, 15) is 4.79 Å². The Morgan fingerprint density at radius 2 is 1.58 bits per heavy atom. The molecule has 0 saturated carbocycles. The van der Waals surface area contributed by atoms with Gasteiger partial charge in [0.25, 0.3) is 0 Å². The van der Waals surface area contributed by atoms with Crippen LogP contribution in [0.15, 0.2) is 60.7 Å². The zero-order valence-corrected chi connectivity index (χ0v) is 14.3. The van der Waals surface area contributed by atoms with Crippen LogP contribution in [0.5, 0.6) is 0 Å². The van der Waals surface area contributed by atoms with E-state index in [2.05, 4.69) is 6.92 Å². The highest BCUT2D eigenvalue weighted by molar-refractivity contribution is 5.89. The lowest BCUT2D eigenvalue weighted by molar-refractivity contribution is -0.121. The van der Waals surface area contributed by atoms with Crippen molar-refractivity contribution < 1.29 is 14.3 Å². The summed E-state index contributed by atoms with van der Waals surface area (Å²) < 4.78 is 11.4. The number of unbranched alkanes of at least 4 members (excludes halogenated alkanes) is 3. The van der Waals surface area contributed by atoms with E-state index in [1.54, 1.807) is 12.1 Å². The Labute approximate surface area is 144 Å². The average Bonchev–Trinajstić information content (AvgIpc) is 2.64. The fraction of sp³-hybridized carbons (Fsp3) is 0.381. The van der Waals surface area contributed by atoms with Crippen molar-refractivity contribution in [3.63, 3.8) is 0 Å². The second-order valence-corrected chi connectivity index (χ2v) is 5.85. The monoisotopic (exact) mass is 326 g/mol. The van der Waals surface area contributed by atoms with E-state index in [1.165, 1.54) is 12.8 Å². The lowest BCUT2D eigenvalue weighted by Gasteiger charge is -2.18. The summed E-state index contributed by atoms with van der Waals surface area (Å²) in [6, 6.07) is 19.0. The zero-order chi connectivity index (χ0) is 17.0. The summed E-state index contributed by atoms with van der Waals surface area (Å²) in [5, 5.41) is 0. The molecule has 0 saturated heterocycles. The topological polar surface area (TPSA) is 35.5 Å². The minimum absolute atomic E-state index is 0.329. The largest absolute Gasteiger partial charge is 0.432 e. The van der Waals surface area contributed by atoms with Crippen molar-refractivity contribution in [3.05, 3.63) is 71.8 Å². The number of carbonyl (C=O) groups is 1. The van der Waals surface area contributed by atoms with Crippen LogP contribution in [0.2, 0.25) is 0 Å². The Bertz CT molecular complexity index is 581. The summed E-state index contributed by atoms with van der Waals surface area (Å²) in [6.45, 7) is 2.63. The van der Waals surface area contributed by atoms with Crippen LogP contribution in [-0.4, -0.2) is 12.3 Å². The van der Waals surface area contributed by atoms with Crippen molar-refractivity contribution in [2.24, 2.45) is 0 Å². The molecule has 0 aliphatic carbocycles. The molecular weight excluding hydrogens is 300 g/mol. The number of rotatable bonds is 10. The van der Waals surface area contributed by atoms with E-state index in [1.807, 2.05) is 48.5 Å². The van der Waals surface area contributed by atoms with E-state index >= 15 is 0 Å². The van der Waals surface area contributed by atoms with Gasteiger partial charge in [-0.05, 0) is 24.1 Å². The van der Waals surface area contributed by atoms with Gasteiger partial charge in [0.1, 0.15) is 0 Å². The number of hydrogen-bond acceptors (Lipinski definition) is 3. The molecule has 0 bridgehead atoms. The van der Waals surface area contributed by atoms with E-state index < -0.39 is 6.29 Å². The van der Waals surface area contributed by atoms with Gasteiger partial charge in [-0.25, -0.2) is 4.79 Å². The molecular formula is C21H26O3. The summed E-state index contributed by atoms with van der Waals surface area (Å²) in [7, 11) is 0. The molecule has 0 aromatic heterocycles. The maximum atomic E-state index is 12.3. The van der Waals surface area contributed by atoms with Crippen molar-refractivity contribution in [1.82, 2.24) is 0 Å². The molecule has 0 aliphatic heterocycles. The lowest BCUT2D eigenvalue weighted by Crippen LogP contribution is -2.21. The van der Waals surface area contributed by atoms with Crippen molar-refractivity contribution in [1.29, 1.82) is 0 Å². The average molecular weight is 326 g/mol. The summed E-state index contributed by atoms with van der Waals surface area (Å²) >= 11 is 0. The second-order valence-electron chi connectivity index (χ2n) is 5.85. The summed E-state index contributed by atoms with van der Waals surface area (Å²) in [5.74, 6) is -0.329. The van der Waals surface area contributed by atoms with Gasteiger partial charge in [-0.1, -0.05) is 74.7 Å². The van der Waals surface area contributed by atoms with Crippen molar-refractivity contribution in [2.75, 3.05) is 0 Å². The molecule has 1 atom stereocenters. The van der Waals surface area contributed by atoms with Crippen LogP contribution in [0.3, 0.4) is 0 Å². The van der Waals surface area contributed by atoms with Crippen LogP contribution in [0, 0.1) is 0 Å². The molecule has 0 radical (unpaired) electrons. The van der Waals surface area contributed by atoms with Crippen LogP contribution in [0.4, 0.5) is 0 Å². The number of hydrogen-bond donors (Lipinski definition) is 0. The molecule has 0 amide bonds. The molecule has 0 fully saturated rings. The molecule has 0 heterocycles. The van der Waals surface area contributed by atoms with Gasteiger partial charge in [0.2, 0.25) is 6.29 Å². The third-order valence-electron chi connectivity index (χ3n) is 3.82. The van der Waals surface area contributed by atoms with E-state index in [0.717, 1.165) is 24.8 Å². The molecule has 1 unspecified atom stereocenters. The standard InChI is InChI=1S/C21H26O3/c1-2-3-4-11-16-20(23-17-18-12-7-5-8-13-18)24-21(22)19-14-9-6-10-15-19/h5-10,12-15,20H,2-4,11,16-17H2,1H3. The molecule has 2 aromatic rings. The van der Waals surface area contributed by atoms with Gasteiger partial charge < -0.3 is 9.47 Å². The van der Waals surface area contributed by atoms with Gasteiger partial charge >= 0.3 is 5.97 Å². The quantitative estimate of drug-likeness (QED) is 0.335. The van der Waals surface area contributed by atoms with Crippen molar-refractivity contribution >= 4 is 5.97 Å². The third-order valence-corrected chi connectivity index (χ3v) is 3.82. The maximum absolute atomic E-state index is 12.3. The Kier molecular flexibility index (Phi) is 8.05. The number of ether oxygens (including phenoxy) is 2. The van der Waals surface area contributed by atoms with Gasteiger partial charge in [0.15, 0.2) is 0 Å². The fourth-order valence-corrected chi connectivity index (χ4v) is 2.44. The van der Waals surface area contributed by atoms with Crippen LogP contribution >= 0.6 is 0 Å². The third kappa shape index (κ3) is 6.55. The molecule has 2 rings (SSSR count). The highest BCUT2D eigenvalue weighted by Gasteiger charge is 2.16. The SMILES string of the molecule is CCCCCCC(OCc1ccccc1)OC(=O)c1ccccc1. The molecule has 3 heteroatoms. The van der Waals surface area contributed by atoms with Crippen LogP contribution in [0.25, 0.3) is 0 Å². The van der Waals surface area contributed by atoms with Crippen molar-refractivity contribution in [2.45, 2.75) is 51.9 Å². The first-order valence-electron chi connectivity index (χ1n) is 8.71. The normalized spacial score (nSPS) is 11.9. The van der Waals surface area contributed by atoms with Gasteiger partial charge in [0.05, 0.1) is 12.2 Å². The van der Waals surface area contributed by atoms with Crippen LogP contribution in [-0.2, 0) is 16.1 Å². The second kappa shape index (κ2) is 10.6. The maximum Gasteiger partial charge on any atom is 0.340 e. The first kappa shape index (κ1) is 18.2. The Morgan fingerprint density at radius 1 is 0.917 bits per heavy atom.